The van der Waals surface area contributed by atoms with Gasteiger partial charge in [-0.2, -0.15) is 4.98 Å². The molecule has 2 aromatic heterocycles. The number of hydrogen-bond acceptors (Lipinski definition) is 4. The number of aryl methyl sites for hydroxylation is 1. The molecular formula is C12H9N3O. The Labute approximate surface area is 91.9 Å². The number of rotatable bonds is 1. The highest BCUT2D eigenvalue weighted by Gasteiger charge is 2.10. The quantitative estimate of drug-likeness (QED) is 0.620. The number of pyridine rings is 1. The first-order valence-corrected chi connectivity index (χ1v) is 4.99. The Hall–Kier alpha value is -2.23. The molecule has 0 unspecified atom stereocenters. The fraction of sp³-hybridized carbons (Fsp3) is 0.0833. The molecule has 0 spiro atoms. The van der Waals surface area contributed by atoms with Gasteiger partial charge >= 0.3 is 0 Å². The van der Waals surface area contributed by atoms with Gasteiger partial charge in [0.05, 0.1) is 0 Å². The van der Waals surface area contributed by atoms with E-state index >= 15 is 0 Å². The smallest absolute Gasteiger partial charge is 0.277 e. The minimum atomic E-state index is 0.467. The summed E-state index contributed by atoms with van der Waals surface area (Å²) >= 11 is 0. The van der Waals surface area contributed by atoms with Gasteiger partial charge in [0.2, 0.25) is 0 Å². The molecule has 3 rings (SSSR count). The summed E-state index contributed by atoms with van der Waals surface area (Å²) in [6, 6.07) is 9.95. The van der Waals surface area contributed by atoms with Crippen LogP contribution >= 0.6 is 0 Å². The predicted molar refractivity (Wildman–Crippen MR) is 59.8 cm³/mol. The molecule has 78 valence electrons. The van der Waals surface area contributed by atoms with Crippen LogP contribution in [0.4, 0.5) is 0 Å². The van der Waals surface area contributed by atoms with E-state index in [1.165, 1.54) is 0 Å². The summed E-state index contributed by atoms with van der Waals surface area (Å²) < 4.78 is 5.13. The van der Waals surface area contributed by atoms with E-state index in [0.29, 0.717) is 11.7 Å². The Kier molecular flexibility index (Phi) is 1.93. The molecule has 0 aliphatic heterocycles. The molecule has 2 heterocycles. The molecule has 0 bridgehead atoms. The van der Waals surface area contributed by atoms with Gasteiger partial charge in [0.1, 0.15) is 5.69 Å². The number of nitrogens with zero attached hydrogens (tertiary/aromatic N) is 3. The number of benzene rings is 1. The van der Waals surface area contributed by atoms with Crippen molar-refractivity contribution >= 4 is 10.8 Å². The topological polar surface area (TPSA) is 51.8 Å². The zero-order valence-electron chi connectivity index (χ0n) is 8.71. The lowest BCUT2D eigenvalue weighted by atomic mass is 10.1. The average Bonchev–Trinajstić information content (AvgIpc) is 2.75. The Balaban J connectivity index is 2.31. The van der Waals surface area contributed by atoms with Crippen molar-refractivity contribution in [2.75, 3.05) is 0 Å². The van der Waals surface area contributed by atoms with E-state index in [0.717, 1.165) is 16.5 Å². The lowest BCUT2D eigenvalue weighted by Crippen LogP contribution is -1.85. The molecule has 0 aliphatic rings. The van der Waals surface area contributed by atoms with Gasteiger partial charge in [0.25, 0.3) is 5.89 Å². The van der Waals surface area contributed by atoms with Crippen LogP contribution in [0.25, 0.3) is 22.4 Å². The van der Waals surface area contributed by atoms with Crippen LogP contribution in [0, 0.1) is 6.92 Å². The highest BCUT2D eigenvalue weighted by Crippen LogP contribution is 2.24. The highest BCUT2D eigenvalue weighted by molar-refractivity contribution is 5.92. The first-order chi connectivity index (χ1) is 7.84. The fourth-order valence-electron chi connectivity index (χ4n) is 1.68. The van der Waals surface area contributed by atoms with E-state index < -0.39 is 0 Å². The normalized spacial score (nSPS) is 10.8. The van der Waals surface area contributed by atoms with Crippen molar-refractivity contribution in [2.45, 2.75) is 6.92 Å². The standard InChI is InChI=1S/C12H9N3O/c1-8-14-12(16-15-8)11-10-5-3-2-4-9(10)6-7-13-11/h2-7H,1H3. The van der Waals surface area contributed by atoms with Crippen molar-refractivity contribution in [3.05, 3.63) is 42.4 Å². The van der Waals surface area contributed by atoms with E-state index in [1.54, 1.807) is 13.1 Å². The van der Waals surface area contributed by atoms with Crippen LogP contribution in [0.5, 0.6) is 0 Å². The Morgan fingerprint density at radius 3 is 2.81 bits per heavy atom. The highest BCUT2D eigenvalue weighted by atomic mass is 16.5. The zero-order chi connectivity index (χ0) is 11.0. The van der Waals surface area contributed by atoms with Gasteiger partial charge in [-0.05, 0) is 18.4 Å². The number of fused-ring (bicyclic) bond motifs is 1. The van der Waals surface area contributed by atoms with Gasteiger partial charge in [-0.15, -0.1) is 0 Å². The van der Waals surface area contributed by atoms with Crippen LogP contribution < -0.4 is 0 Å². The second kappa shape index (κ2) is 3.41. The average molecular weight is 211 g/mol. The minimum Gasteiger partial charge on any atom is -0.332 e. The van der Waals surface area contributed by atoms with Crippen LogP contribution in [-0.2, 0) is 0 Å². The van der Waals surface area contributed by atoms with Crippen molar-refractivity contribution in [1.29, 1.82) is 0 Å². The second-order valence-electron chi connectivity index (χ2n) is 3.53. The molecule has 4 heteroatoms. The van der Waals surface area contributed by atoms with Crippen LogP contribution in [0.15, 0.2) is 41.1 Å². The van der Waals surface area contributed by atoms with E-state index in [2.05, 4.69) is 15.1 Å². The van der Waals surface area contributed by atoms with Gasteiger partial charge in [-0.1, -0.05) is 29.4 Å². The maximum Gasteiger partial charge on any atom is 0.277 e. The van der Waals surface area contributed by atoms with E-state index in [4.69, 9.17) is 4.52 Å². The van der Waals surface area contributed by atoms with Crippen LogP contribution in [0.3, 0.4) is 0 Å². The summed E-state index contributed by atoms with van der Waals surface area (Å²) in [5.41, 5.74) is 0.735. The third-order valence-electron chi connectivity index (χ3n) is 2.40. The fourth-order valence-corrected chi connectivity index (χ4v) is 1.68. The summed E-state index contributed by atoms with van der Waals surface area (Å²) in [5, 5.41) is 5.91. The lowest BCUT2D eigenvalue weighted by Gasteiger charge is -2.00. The molecule has 0 amide bonds. The molecule has 0 saturated carbocycles. The Morgan fingerprint density at radius 2 is 2.00 bits per heavy atom. The Bertz CT molecular complexity index is 640. The van der Waals surface area contributed by atoms with Crippen LogP contribution in [-0.4, -0.2) is 15.1 Å². The van der Waals surface area contributed by atoms with Gasteiger partial charge in [-0.25, -0.2) is 0 Å². The van der Waals surface area contributed by atoms with Crippen LogP contribution in [0.2, 0.25) is 0 Å². The number of aromatic nitrogens is 3. The molecule has 0 aliphatic carbocycles. The van der Waals surface area contributed by atoms with Crippen LogP contribution in [0.1, 0.15) is 5.82 Å². The minimum absolute atomic E-state index is 0.467. The molecule has 0 fully saturated rings. The SMILES string of the molecule is Cc1noc(-c2nccc3ccccc23)n1. The molecular weight excluding hydrogens is 202 g/mol. The zero-order valence-corrected chi connectivity index (χ0v) is 8.71. The van der Waals surface area contributed by atoms with Gasteiger partial charge in [0.15, 0.2) is 5.82 Å². The number of hydrogen-bond donors (Lipinski definition) is 0. The molecule has 4 nitrogen and oxygen atoms in total. The van der Waals surface area contributed by atoms with Crippen molar-refractivity contribution in [3.63, 3.8) is 0 Å². The van der Waals surface area contributed by atoms with Crippen molar-refractivity contribution in [1.82, 2.24) is 15.1 Å². The maximum absolute atomic E-state index is 5.13. The van der Waals surface area contributed by atoms with E-state index in [1.807, 2.05) is 30.3 Å². The van der Waals surface area contributed by atoms with Crippen molar-refractivity contribution < 1.29 is 4.52 Å². The van der Waals surface area contributed by atoms with E-state index in [9.17, 15) is 0 Å². The largest absolute Gasteiger partial charge is 0.332 e. The molecule has 3 aromatic rings. The Morgan fingerprint density at radius 1 is 1.12 bits per heavy atom. The summed E-state index contributed by atoms with van der Waals surface area (Å²) in [5.74, 6) is 1.08. The molecule has 0 saturated heterocycles. The summed E-state index contributed by atoms with van der Waals surface area (Å²) in [6.07, 6.45) is 1.75. The van der Waals surface area contributed by atoms with Gasteiger partial charge in [0, 0.05) is 11.6 Å². The first-order valence-electron chi connectivity index (χ1n) is 4.99. The summed E-state index contributed by atoms with van der Waals surface area (Å²) in [7, 11) is 0. The lowest BCUT2D eigenvalue weighted by molar-refractivity contribution is 0.425. The first kappa shape index (κ1) is 9.03. The molecule has 0 radical (unpaired) electrons. The predicted octanol–water partition coefficient (Wildman–Crippen LogP) is 2.59. The van der Waals surface area contributed by atoms with Gasteiger partial charge in [-0.3, -0.25) is 4.98 Å². The summed E-state index contributed by atoms with van der Waals surface area (Å²) in [6.45, 7) is 1.79. The van der Waals surface area contributed by atoms with E-state index in [-0.39, 0.29) is 0 Å². The summed E-state index contributed by atoms with van der Waals surface area (Å²) in [4.78, 5) is 8.48. The molecule has 16 heavy (non-hydrogen) atoms. The van der Waals surface area contributed by atoms with Gasteiger partial charge < -0.3 is 4.52 Å². The third-order valence-corrected chi connectivity index (χ3v) is 2.40. The molecule has 0 N–H and O–H groups in total. The molecule has 1 aromatic carbocycles. The maximum atomic E-state index is 5.13. The van der Waals surface area contributed by atoms with Crippen molar-refractivity contribution in [3.8, 4) is 11.6 Å². The second-order valence-corrected chi connectivity index (χ2v) is 3.53. The third kappa shape index (κ3) is 1.35. The van der Waals surface area contributed by atoms with Crippen molar-refractivity contribution in [2.24, 2.45) is 0 Å². The molecule has 0 atom stereocenters. The monoisotopic (exact) mass is 211 g/mol.